The van der Waals surface area contributed by atoms with Crippen LogP contribution in [0.4, 0.5) is 11.4 Å². The number of nitro groups is 1. The lowest BCUT2D eigenvalue weighted by atomic mass is 9.73. The Hall–Kier alpha value is -1.62. The Kier molecular flexibility index (Phi) is 4.28. The highest BCUT2D eigenvalue weighted by atomic mass is 16.6. The fourth-order valence-corrected chi connectivity index (χ4v) is 2.83. The molecule has 2 unspecified atom stereocenters. The second kappa shape index (κ2) is 5.79. The summed E-state index contributed by atoms with van der Waals surface area (Å²) >= 11 is 0. The molecule has 20 heavy (non-hydrogen) atoms. The Labute approximate surface area is 119 Å². The van der Waals surface area contributed by atoms with Crippen LogP contribution in [-0.4, -0.2) is 22.7 Å². The van der Waals surface area contributed by atoms with Crippen molar-refractivity contribution in [2.45, 2.75) is 45.6 Å². The summed E-state index contributed by atoms with van der Waals surface area (Å²) in [6.45, 7) is 4.44. The molecule has 1 saturated carbocycles. The molecule has 1 aromatic carbocycles. The number of aliphatic hydroxyl groups is 1. The Bertz CT molecular complexity index is 504. The maximum atomic E-state index is 11.1. The minimum atomic E-state index is -0.366. The number of hydrogen-bond donors (Lipinski definition) is 2. The summed E-state index contributed by atoms with van der Waals surface area (Å²) < 4.78 is 0. The molecular weight excluding hydrogens is 256 g/mol. The first-order chi connectivity index (χ1) is 9.42. The zero-order valence-electron chi connectivity index (χ0n) is 12.1. The SMILES string of the molecule is Cc1ccc(NCC2(C)CCCCC2O)c([N+](=O)[O-])c1. The predicted octanol–water partition coefficient (Wildman–Crippen LogP) is 3.26. The molecule has 2 rings (SSSR count). The van der Waals surface area contributed by atoms with Crippen LogP contribution in [0.3, 0.4) is 0 Å². The molecule has 1 aliphatic carbocycles. The van der Waals surface area contributed by atoms with E-state index in [1.165, 1.54) is 0 Å². The average Bonchev–Trinajstić information content (AvgIpc) is 2.41. The highest BCUT2D eigenvalue weighted by Gasteiger charge is 2.35. The predicted molar refractivity (Wildman–Crippen MR) is 78.9 cm³/mol. The molecule has 110 valence electrons. The van der Waals surface area contributed by atoms with Crippen LogP contribution in [-0.2, 0) is 0 Å². The molecular formula is C15H22N2O3. The summed E-state index contributed by atoms with van der Waals surface area (Å²) in [4.78, 5) is 10.7. The molecule has 1 aliphatic rings. The van der Waals surface area contributed by atoms with Gasteiger partial charge in [0.1, 0.15) is 5.69 Å². The van der Waals surface area contributed by atoms with Crippen LogP contribution in [0.2, 0.25) is 0 Å². The average molecular weight is 278 g/mol. The molecule has 0 saturated heterocycles. The van der Waals surface area contributed by atoms with Crippen LogP contribution in [0.5, 0.6) is 0 Å². The minimum Gasteiger partial charge on any atom is -0.392 e. The standard InChI is InChI=1S/C15H22N2O3/c1-11-6-7-12(13(9-11)17(19)20)16-10-15(2)8-4-3-5-14(15)18/h6-7,9,14,16,18H,3-5,8,10H2,1-2H3. The summed E-state index contributed by atoms with van der Waals surface area (Å²) in [5, 5.41) is 24.4. The van der Waals surface area contributed by atoms with Gasteiger partial charge in [-0.1, -0.05) is 25.8 Å². The highest BCUT2D eigenvalue weighted by molar-refractivity contribution is 5.62. The van der Waals surface area contributed by atoms with Gasteiger partial charge in [0.15, 0.2) is 0 Å². The Morgan fingerprint density at radius 3 is 2.90 bits per heavy atom. The smallest absolute Gasteiger partial charge is 0.292 e. The number of anilines is 1. The third-order valence-corrected chi connectivity index (χ3v) is 4.31. The topological polar surface area (TPSA) is 75.4 Å². The van der Waals surface area contributed by atoms with E-state index in [-0.39, 0.29) is 22.1 Å². The number of aryl methyl sites for hydroxylation is 1. The third kappa shape index (κ3) is 3.10. The number of nitrogens with zero attached hydrogens (tertiary/aromatic N) is 1. The first-order valence-corrected chi connectivity index (χ1v) is 7.09. The minimum absolute atomic E-state index is 0.0962. The maximum absolute atomic E-state index is 11.1. The Morgan fingerprint density at radius 2 is 2.25 bits per heavy atom. The molecule has 0 amide bonds. The van der Waals surface area contributed by atoms with Crippen molar-refractivity contribution in [1.29, 1.82) is 0 Å². The Morgan fingerprint density at radius 1 is 1.50 bits per heavy atom. The maximum Gasteiger partial charge on any atom is 0.292 e. The summed E-state index contributed by atoms with van der Waals surface area (Å²) in [5.41, 5.74) is 1.28. The molecule has 0 radical (unpaired) electrons. The molecule has 0 bridgehead atoms. The van der Waals surface area contributed by atoms with Gasteiger partial charge in [0.25, 0.3) is 5.69 Å². The summed E-state index contributed by atoms with van der Waals surface area (Å²) in [7, 11) is 0. The zero-order valence-corrected chi connectivity index (χ0v) is 12.1. The normalized spacial score (nSPS) is 26.2. The van der Waals surface area contributed by atoms with Crippen LogP contribution in [0.1, 0.15) is 38.2 Å². The molecule has 0 heterocycles. The Balaban J connectivity index is 2.12. The van der Waals surface area contributed by atoms with Crippen LogP contribution in [0.15, 0.2) is 18.2 Å². The second-order valence-electron chi connectivity index (χ2n) is 6.05. The quantitative estimate of drug-likeness (QED) is 0.654. The van der Waals surface area contributed by atoms with E-state index in [2.05, 4.69) is 5.32 Å². The number of nitrogens with one attached hydrogen (secondary N) is 1. The van der Waals surface area contributed by atoms with E-state index in [0.29, 0.717) is 12.2 Å². The van der Waals surface area contributed by atoms with Gasteiger partial charge in [-0.05, 0) is 31.4 Å². The monoisotopic (exact) mass is 278 g/mol. The van der Waals surface area contributed by atoms with Gasteiger partial charge in [-0.2, -0.15) is 0 Å². The molecule has 0 aromatic heterocycles. The van der Waals surface area contributed by atoms with Crippen molar-refractivity contribution in [2.24, 2.45) is 5.41 Å². The van der Waals surface area contributed by atoms with Crippen LogP contribution in [0.25, 0.3) is 0 Å². The number of benzene rings is 1. The van der Waals surface area contributed by atoms with Gasteiger partial charge >= 0.3 is 0 Å². The molecule has 0 spiro atoms. The van der Waals surface area contributed by atoms with E-state index < -0.39 is 0 Å². The molecule has 1 aromatic rings. The van der Waals surface area contributed by atoms with Crippen molar-refractivity contribution in [3.63, 3.8) is 0 Å². The lowest BCUT2D eigenvalue weighted by molar-refractivity contribution is -0.384. The van der Waals surface area contributed by atoms with Crippen LogP contribution in [0, 0.1) is 22.5 Å². The zero-order chi connectivity index (χ0) is 14.8. The highest BCUT2D eigenvalue weighted by Crippen LogP contribution is 2.37. The third-order valence-electron chi connectivity index (χ3n) is 4.31. The second-order valence-corrected chi connectivity index (χ2v) is 6.05. The number of aliphatic hydroxyl groups excluding tert-OH is 1. The first-order valence-electron chi connectivity index (χ1n) is 7.09. The largest absolute Gasteiger partial charge is 0.392 e. The summed E-state index contributed by atoms with van der Waals surface area (Å²) in [6, 6.07) is 5.17. The molecule has 5 nitrogen and oxygen atoms in total. The van der Waals surface area contributed by atoms with E-state index in [0.717, 1.165) is 31.2 Å². The van der Waals surface area contributed by atoms with Crippen molar-refractivity contribution in [2.75, 3.05) is 11.9 Å². The van der Waals surface area contributed by atoms with E-state index in [9.17, 15) is 15.2 Å². The van der Waals surface area contributed by atoms with E-state index >= 15 is 0 Å². The van der Waals surface area contributed by atoms with Crippen molar-refractivity contribution < 1.29 is 10.0 Å². The molecule has 2 N–H and O–H groups in total. The molecule has 2 atom stereocenters. The van der Waals surface area contributed by atoms with Crippen molar-refractivity contribution in [3.05, 3.63) is 33.9 Å². The van der Waals surface area contributed by atoms with Gasteiger partial charge in [0.05, 0.1) is 11.0 Å². The van der Waals surface area contributed by atoms with Gasteiger partial charge in [-0.3, -0.25) is 10.1 Å². The number of hydrogen-bond acceptors (Lipinski definition) is 4. The molecule has 1 fully saturated rings. The number of nitro benzene ring substituents is 1. The van der Waals surface area contributed by atoms with Gasteiger partial charge in [0.2, 0.25) is 0 Å². The van der Waals surface area contributed by atoms with Crippen molar-refractivity contribution >= 4 is 11.4 Å². The van der Waals surface area contributed by atoms with Crippen LogP contribution < -0.4 is 5.32 Å². The fourth-order valence-electron chi connectivity index (χ4n) is 2.83. The fraction of sp³-hybridized carbons (Fsp3) is 0.600. The summed E-state index contributed by atoms with van der Waals surface area (Å²) in [6.07, 6.45) is 3.58. The molecule has 0 aliphatic heterocycles. The molecule has 5 heteroatoms. The van der Waals surface area contributed by atoms with Gasteiger partial charge in [-0.15, -0.1) is 0 Å². The first kappa shape index (κ1) is 14.8. The lowest BCUT2D eigenvalue weighted by Gasteiger charge is -2.38. The van der Waals surface area contributed by atoms with E-state index in [1.54, 1.807) is 12.1 Å². The van der Waals surface area contributed by atoms with E-state index in [1.807, 2.05) is 19.9 Å². The van der Waals surface area contributed by atoms with Gasteiger partial charge < -0.3 is 10.4 Å². The van der Waals surface area contributed by atoms with Crippen molar-refractivity contribution in [3.8, 4) is 0 Å². The van der Waals surface area contributed by atoms with Crippen LogP contribution >= 0.6 is 0 Å². The van der Waals surface area contributed by atoms with Gasteiger partial charge in [-0.25, -0.2) is 0 Å². The van der Waals surface area contributed by atoms with E-state index in [4.69, 9.17) is 0 Å². The van der Waals surface area contributed by atoms with Gasteiger partial charge in [0, 0.05) is 18.0 Å². The lowest BCUT2D eigenvalue weighted by Crippen LogP contribution is -2.41. The number of rotatable bonds is 4. The van der Waals surface area contributed by atoms with Crippen molar-refractivity contribution in [1.82, 2.24) is 0 Å². The summed E-state index contributed by atoms with van der Waals surface area (Å²) in [5.74, 6) is 0.